The van der Waals surface area contributed by atoms with Gasteiger partial charge in [0, 0.05) is 42.3 Å². The van der Waals surface area contributed by atoms with E-state index in [1.54, 1.807) is 19.3 Å². The molecular weight excluding hydrogens is 422 g/mol. The second-order valence-corrected chi connectivity index (χ2v) is 7.51. The van der Waals surface area contributed by atoms with Crippen molar-refractivity contribution in [3.05, 3.63) is 76.7 Å². The quantitative estimate of drug-likeness (QED) is 0.207. The summed E-state index contributed by atoms with van der Waals surface area (Å²) >= 11 is 6.51. The van der Waals surface area contributed by atoms with E-state index in [2.05, 4.69) is 43.1 Å². The van der Waals surface area contributed by atoms with Crippen molar-refractivity contribution in [3.63, 3.8) is 0 Å². The number of rotatable bonds is 8. The zero-order valence-corrected chi connectivity index (χ0v) is 18.7. The number of benzene rings is 1. The fraction of sp³-hybridized carbons (Fsp3) is 0.167. The highest BCUT2D eigenvalue weighted by atomic mass is 35.5. The standard InChI is InChI=1S/C24H24ClN7/c1-5-17-7-9-21(29-13-17)27-10-11-28-24-30-14-19(23(26)31-15(2)3)22(32-24)18-8-6-16(4)12-20(18)25/h1,6-9,12-14H,2,10-11H2,3-4H3,(H2,26,31)(H,27,29)(H,28,30,32). The highest BCUT2D eigenvalue weighted by Gasteiger charge is 2.15. The second kappa shape index (κ2) is 10.4. The van der Waals surface area contributed by atoms with Crippen LogP contribution in [-0.4, -0.2) is 33.9 Å². The topological polar surface area (TPSA) is 101 Å². The van der Waals surface area contributed by atoms with Crippen molar-refractivity contribution in [1.29, 1.82) is 0 Å². The van der Waals surface area contributed by atoms with Gasteiger partial charge < -0.3 is 16.4 Å². The summed E-state index contributed by atoms with van der Waals surface area (Å²) in [5, 5.41) is 6.98. The van der Waals surface area contributed by atoms with Gasteiger partial charge in [0.25, 0.3) is 0 Å². The molecule has 0 atom stereocenters. The van der Waals surface area contributed by atoms with Gasteiger partial charge in [0.05, 0.1) is 16.3 Å². The van der Waals surface area contributed by atoms with Crippen molar-refractivity contribution in [1.82, 2.24) is 15.0 Å². The summed E-state index contributed by atoms with van der Waals surface area (Å²) in [4.78, 5) is 17.6. The van der Waals surface area contributed by atoms with Crippen LogP contribution in [0.3, 0.4) is 0 Å². The molecule has 0 unspecified atom stereocenters. The van der Waals surface area contributed by atoms with Crippen LogP contribution in [0.5, 0.6) is 0 Å². The van der Waals surface area contributed by atoms with Gasteiger partial charge in [0.1, 0.15) is 11.7 Å². The number of nitrogens with one attached hydrogen (secondary N) is 2. The molecule has 0 saturated carbocycles. The average molecular weight is 446 g/mol. The second-order valence-electron chi connectivity index (χ2n) is 7.10. The third-order valence-corrected chi connectivity index (χ3v) is 4.71. The molecule has 0 fully saturated rings. The molecule has 2 aromatic heterocycles. The number of hydrogen-bond donors (Lipinski definition) is 3. The fourth-order valence-corrected chi connectivity index (χ4v) is 3.21. The molecule has 3 aromatic rings. The van der Waals surface area contributed by atoms with E-state index in [0.717, 1.165) is 22.5 Å². The molecule has 4 N–H and O–H groups in total. The van der Waals surface area contributed by atoms with Crippen molar-refractivity contribution in [2.75, 3.05) is 23.7 Å². The lowest BCUT2D eigenvalue weighted by Gasteiger charge is -2.13. The Bertz CT molecular complexity index is 1190. The molecule has 32 heavy (non-hydrogen) atoms. The Morgan fingerprint density at radius 3 is 2.62 bits per heavy atom. The van der Waals surface area contributed by atoms with E-state index >= 15 is 0 Å². The van der Waals surface area contributed by atoms with Gasteiger partial charge in [-0.05, 0) is 37.6 Å². The summed E-state index contributed by atoms with van der Waals surface area (Å²) in [7, 11) is 0. The van der Waals surface area contributed by atoms with Crippen LogP contribution in [0, 0.1) is 19.3 Å². The molecule has 0 aliphatic rings. The number of aromatic nitrogens is 3. The van der Waals surface area contributed by atoms with Crippen LogP contribution in [0.15, 0.2) is 60.0 Å². The number of halogens is 1. The largest absolute Gasteiger partial charge is 0.383 e. The number of pyridine rings is 1. The van der Waals surface area contributed by atoms with E-state index in [1.807, 2.05) is 37.3 Å². The number of nitrogens with two attached hydrogens (primary N) is 1. The van der Waals surface area contributed by atoms with E-state index < -0.39 is 0 Å². The molecule has 0 amide bonds. The third-order valence-electron chi connectivity index (χ3n) is 4.40. The Labute approximate surface area is 192 Å². The molecule has 3 rings (SSSR count). The number of aliphatic imine (C=N–C) groups is 1. The first-order valence-corrected chi connectivity index (χ1v) is 10.3. The maximum Gasteiger partial charge on any atom is 0.223 e. The predicted octanol–water partition coefficient (Wildman–Crippen LogP) is 4.24. The molecule has 0 aliphatic heterocycles. The smallest absolute Gasteiger partial charge is 0.223 e. The molecule has 1 aromatic carbocycles. The van der Waals surface area contributed by atoms with Crippen molar-refractivity contribution < 1.29 is 0 Å². The van der Waals surface area contributed by atoms with Crippen LogP contribution in [0.25, 0.3) is 11.3 Å². The zero-order valence-electron chi connectivity index (χ0n) is 18.0. The van der Waals surface area contributed by atoms with Crippen LogP contribution < -0.4 is 16.4 Å². The van der Waals surface area contributed by atoms with E-state index in [0.29, 0.717) is 41.0 Å². The van der Waals surface area contributed by atoms with Crippen LogP contribution in [0.2, 0.25) is 5.02 Å². The Balaban J connectivity index is 1.79. The van der Waals surface area contributed by atoms with Gasteiger partial charge in [0.15, 0.2) is 0 Å². The molecule has 8 heteroatoms. The molecule has 0 spiro atoms. The summed E-state index contributed by atoms with van der Waals surface area (Å²) in [6, 6.07) is 9.42. The molecule has 0 radical (unpaired) electrons. The van der Waals surface area contributed by atoms with E-state index in [4.69, 9.17) is 23.8 Å². The molecule has 0 saturated heterocycles. The summed E-state index contributed by atoms with van der Waals surface area (Å²) in [6.07, 6.45) is 8.63. The van der Waals surface area contributed by atoms with Crippen molar-refractivity contribution >= 4 is 29.2 Å². The molecule has 2 heterocycles. The van der Waals surface area contributed by atoms with Gasteiger partial charge in [-0.3, -0.25) is 0 Å². The van der Waals surface area contributed by atoms with Crippen molar-refractivity contribution in [2.24, 2.45) is 10.7 Å². The highest BCUT2D eigenvalue weighted by molar-refractivity contribution is 6.33. The van der Waals surface area contributed by atoms with Gasteiger partial charge in [0.2, 0.25) is 5.95 Å². The molecule has 162 valence electrons. The molecule has 0 bridgehead atoms. The minimum atomic E-state index is 0.277. The number of nitrogens with zero attached hydrogens (tertiary/aromatic N) is 4. The summed E-state index contributed by atoms with van der Waals surface area (Å²) in [5.74, 6) is 4.00. The minimum absolute atomic E-state index is 0.277. The summed E-state index contributed by atoms with van der Waals surface area (Å²) < 4.78 is 0. The minimum Gasteiger partial charge on any atom is -0.383 e. The Kier molecular flexibility index (Phi) is 7.42. The lowest BCUT2D eigenvalue weighted by molar-refractivity contribution is 1.02. The SMILES string of the molecule is C#Cc1ccc(NCCNc2ncc(C(N)=NC(=C)C)c(-c3ccc(C)cc3Cl)n2)nc1. The predicted molar refractivity (Wildman–Crippen MR) is 132 cm³/mol. The average Bonchev–Trinajstić information content (AvgIpc) is 2.76. The lowest BCUT2D eigenvalue weighted by atomic mass is 10.0. The van der Waals surface area contributed by atoms with Crippen LogP contribution in [0.4, 0.5) is 11.8 Å². The van der Waals surface area contributed by atoms with E-state index in [9.17, 15) is 0 Å². The fourth-order valence-electron chi connectivity index (χ4n) is 2.89. The summed E-state index contributed by atoms with van der Waals surface area (Å²) in [5.41, 5.74) is 10.5. The van der Waals surface area contributed by atoms with Crippen LogP contribution in [-0.2, 0) is 0 Å². The highest BCUT2D eigenvalue weighted by Crippen LogP contribution is 2.30. The van der Waals surface area contributed by atoms with Crippen molar-refractivity contribution in [3.8, 4) is 23.6 Å². The number of aryl methyl sites for hydroxylation is 1. The normalized spacial score (nSPS) is 11.0. The first kappa shape index (κ1) is 22.8. The van der Waals surface area contributed by atoms with Gasteiger partial charge in [-0.2, -0.15) is 0 Å². The lowest BCUT2D eigenvalue weighted by Crippen LogP contribution is -2.19. The first-order chi connectivity index (χ1) is 15.4. The van der Waals surface area contributed by atoms with Gasteiger partial charge >= 0.3 is 0 Å². The monoisotopic (exact) mass is 445 g/mol. The third kappa shape index (κ3) is 5.84. The maximum atomic E-state index is 6.51. The first-order valence-electron chi connectivity index (χ1n) is 9.91. The van der Waals surface area contributed by atoms with Crippen LogP contribution >= 0.6 is 11.6 Å². The Hall–Kier alpha value is -3.89. The number of terminal acetylenes is 1. The molecule has 7 nitrogen and oxygen atoms in total. The van der Waals surface area contributed by atoms with Gasteiger partial charge in [-0.15, -0.1) is 6.42 Å². The van der Waals surface area contributed by atoms with Gasteiger partial charge in [-0.25, -0.2) is 19.9 Å². The molecular formula is C24H24ClN7. The van der Waals surface area contributed by atoms with E-state index in [1.165, 1.54) is 0 Å². The van der Waals surface area contributed by atoms with Crippen LogP contribution in [0.1, 0.15) is 23.6 Å². The molecule has 0 aliphatic carbocycles. The number of anilines is 2. The number of amidine groups is 1. The number of hydrogen-bond acceptors (Lipinski definition) is 6. The maximum absolute atomic E-state index is 6.51. The Morgan fingerprint density at radius 1 is 1.19 bits per heavy atom. The zero-order chi connectivity index (χ0) is 23.1. The Morgan fingerprint density at radius 2 is 1.97 bits per heavy atom. The van der Waals surface area contributed by atoms with Gasteiger partial charge in [-0.1, -0.05) is 36.2 Å². The number of allylic oxidation sites excluding steroid dienone is 1. The summed E-state index contributed by atoms with van der Waals surface area (Å²) in [6.45, 7) is 8.70. The van der Waals surface area contributed by atoms with Crippen molar-refractivity contribution in [2.45, 2.75) is 13.8 Å². The van der Waals surface area contributed by atoms with E-state index in [-0.39, 0.29) is 5.84 Å².